The summed E-state index contributed by atoms with van der Waals surface area (Å²) in [5.74, 6) is 1.61. The molecule has 84 valence electrons. The molecule has 0 aliphatic heterocycles. The van der Waals surface area contributed by atoms with Crippen molar-refractivity contribution >= 4 is 16.5 Å². The second-order valence-corrected chi connectivity index (χ2v) is 5.39. The fourth-order valence-electron chi connectivity index (χ4n) is 1.32. The topological polar surface area (TPSA) is 43.1 Å². The Balaban J connectivity index is 2.30. The molecule has 15 heavy (non-hydrogen) atoms. The summed E-state index contributed by atoms with van der Waals surface area (Å²) in [6.07, 6.45) is 3.07. The number of nitrogens with two attached hydrogens (primary N) is 1. The normalized spacial score (nSPS) is 12.6. The molecule has 0 amide bonds. The Hall–Kier alpha value is -0.830. The molecule has 2 N–H and O–H groups in total. The maximum absolute atomic E-state index is 11.5. The molecule has 0 fully saturated rings. The highest BCUT2D eigenvalue weighted by Crippen LogP contribution is 2.06. The number of hydrogen-bond donors (Lipinski definition) is 1. The molecular formula is C12H19NOS. The van der Waals surface area contributed by atoms with Crippen molar-refractivity contribution in [1.82, 2.24) is 0 Å². The minimum absolute atomic E-state index is 0.657. The summed E-state index contributed by atoms with van der Waals surface area (Å²) in [5, 5.41) is 0. The second kappa shape index (κ2) is 6.62. The number of unbranched alkanes of at least 4 members (excludes halogenated alkanes) is 1. The SMILES string of the molecule is CCCCS(=O)CCc1ccc(N)cc1. The van der Waals surface area contributed by atoms with E-state index in [2.05, 4.69) is 6.92 Å². The lowest BCUT2D eigenvalue weighted by Gasteiger charge is -2.02. The van der Waals surface area contributed by atoms with Crippen molar-refractivity contribution in [2.75, 3.05) is 17.2 Å². The fraction of sp³-hybridized carbons (Fsp3) is 0.500. The first-order chi connectivity index (χ1) is 7.22. The number of anilines is 1. The van der Waals surface area contributed by atoms with E-state index in [4.69, 9.17) is 5.73 Å². The molecule has 0 radical (unpaired) electrons. The van der Waals surface area contributed by atoms with Gasteiger partial charge >= 0.3 is 0 Å². The molecule has 1 atom stereocenters. The predicted molar refractivity (Wildman–Crippen MR) is 67.3 cm³/mol. The monoisotopic (exact) mass is 225 g/mol. The van der Waals surface area contributed by atoms with Crippen LogP contribution in [0.15, 0.2) is 24.3 Å². The molecule has 0 saturated carbocycles. The maximum atomic E-state index is 11.5. The van der Waals surface area contributed by atoms with Crippen LogP contribution in [0, 0.1) is 0 Å². The first-order valence-corrected chi connectivity index (χ1v) is 6.90. The van der Waals surface area contributed by atoms with Crippen LogP contribution in [-0.2, 0) is 17.2 Å². The first-order valence-electron chi connectivity index (χ1n) is 5.41. The Labute approximate surface area is 94.3 Å². The molecule has 0 spiro atoms. The summed E-state index contributed by atoms with van der Waals surface area (Å²) in [5.41, 5.74) is 7.59. The molecule has 3 heteroatoms. The lowest BCUT2D eigenvalue weighted by molar-refractivity contribution is 0.679. The van der Waals surface area contributed by atoms with Crippen LogP contribution >= 0.6 is 0 Å². The van der Waals surface area contributed by atoms with Gasteiger partial charge in [0, 0.05) is 28.0 Å². The first kappa shape index (κ1) is 12.2. The largest absolute Gasteiger partial charge is 0.399 e. The zero-order valence-corrected chi connectivity index (χ0v) is 10.1. The Kier molecular flexibility index (Phi) is 5.40. The van der Waals surface area contributed by atoms with Gasteiger partial charge in [0.05, 0.1) is 0 Å². The maximum Gasteiger partial charge on any atom is 0.0314 e. The zero-order chi connectivity index (χ0) is 11.1. The van der Waals surface area contributed by atoms with Gasteiger partial charge in [-0.25, -0.2) is 0 Å². The van der Waals surface area contributed by atoms with Gasteiger partial charge in [-0.05, 0) is 30.5 Å². The van der Waals surface area contributed by atoms with Gasteiger partial charge in [0.25, 0.3) is 0 Å². The number of benzene rings is 1. The van der Waals surface area contributed by atoms with Crippen molar-refractivity contribution < 1.29 is 4.21 Å². The van der Waals surface area contributed by atoms with Crippen molar-refractivity contribution in [3.05, 3.63) is 29.8 Å². The van der Waals surface area contributed by atoms with Crippen LogP contribution < -0.4 is 5.73 Å². The van der Waals surface area contributed by atoms with Crippen LogP contribution in [0.3, 0.4) is 0 Å². The minimum atomic E-state index is -0.657. The predicted octanol–water partition coefficient (Wildman–Crippen LogP) is 2.36. The molecule has 0 aromatic heterocycles. The van der Waals surface area contributed by atoms with Crippen LogP contribution in [0.4, 0.5) is 5.69 Å². The van der Waals surface area contributed by atoms with Gasteiger partial charge in [0.2, 0.25) is 0 Å². The van der Waals surface area contributed by atoms with E-state index >= 15 is 0 Å². The van der Waals surface area contributed by atoms with Crippen LogP contribution in [-0.4, -0.2) is 15.7 Å². The molecule has 1 aromatic carbocycles. The molecule has 0 aliphatic carbocycles. The van der Waals surface area contributed by atoms with E-state index in [1.54, 1.807) is 0 Å². The number of hydrogen-bond acceptors (Lipinski definition) is 2. The lowest BCUT2D eigenvalue weighted by Crippen LogP contribution is -2.05. The molecule has 2 nitrogen and oxygen atoms in total. The third-order valence-corrected chi connectivity index (χ3v) is 3.73. The Morgan fingerprint density at radius 3 is 2.47 bits per heavy atom. The van der Waals surface area contributed by atoms with Gasteiger partial charge < -0.3 is 5.73 Å². The van der Waals surface area contributed by atoms with E-state index in [9.17, 15) is 4.21 Å². The van der Waals surface area contributed by atoms with Crippen LogP contribution in [0.2, 0.25) is 0 Å². The lowest BCUT2D eigenvalue weighted by atomic mass is 10.2. The molecule has 1 unspecified atom stereocenters. The number of rotatable bonds is 6. The quantitative estimate of drug-likeness (QED) is 0.755. The van der Waals surface area contributed by atoms with Crippen molar-refractivity contribution in [2.24, 2.45) is 0 Å². The van der Waals surface area contributed by atoms with Crippen LogP contribution in [0.25, 0.3) is 0 Å². The van der Waals surface area contributed by atoms with E-state index in [-0.39, 0.29) is 0 Å². The van der Waals surface area contributed by atoms with E-state index < -0.39 is 10.8 Å². The highest BCUT2D eigenvalue weighted by atomic mass is 32.2. The molecule has 1 aromatic rings. The standard InChI is InChI=1S/C12H19NOS/c1-2-3-9-15(14)10-8-11-4-6-12(13)7-5-11/h4-7H,2-3,8-10,13H2,1H3. The van der Waals surface area contributed by atoms with Crippen LogP contribution in [0.5, 0.6) is 0 Å². The highest BCUT2D eigenvalue weighted by molar-refractivity contribution is 7.84. The van der Waals surface area contributed by atoms with Gasteiger partial charge in [0.15, 0.2) is 0 Å². The Morgan fingerprint density at radius 2 is 1.87 bits per heavy atom. The van der Waals surface area contributed by atoms with E-state index in [1.807, 2.05) is 24.3 Å². The molecule has 0 bridgehead atoms. The van der Waals surface area contributed by atoms with Crippen molar-refractivity contribution in [2.45, 2.75) is 26.2 Å². The average molecular weight is 225 g/mol. The van der Waals surface area contributed by atoms with Crippen molar-refractivity contribution in [3.8, 4) is 0 Å². The van der Waals surface area contributed by atoms with Crippen molar-refractivity contribution in [3.63, 3.8) is 0 Å². The molecule has 0 aliphatic rings. The fourth-order valence-corrected chi connectivity index (χ4v) is 2.60. The third-order valence-electron chi connectivity index (χ3n) is 2.32. The summed E-state index contributed by atoms with van der Waals surface area (Å²) in [4.78, 5) is 0. The third kappa shape index (κ3) is 4.98. The summed E-state index contributed by atoms with van der Waals surface area (Å²) >= 11 is 0. The highest BCUT2D eigenvalue weighted by Gasteiger charge is 2.00. The van der Waals surface area contributed by atoms with Gasteiger partial charge in [-0.2, -0.15) is 0 Å². The Bertz CT molecular complexity index is 308. The van der Waals surface area contributed by atoms with E-state index in [1.165, 1.54) is 5.56 Å². The smallest absolute Gasteiger partial charge is 0.0314 e. The average Bonchev–Trinajstić information content (AvgIpc) is 2.25. The van der Waals surface area contributed by atoms with Gasteiger partial charge in [-0.15, -0.1) is 0 Å². The minimum Gasteiger partial charge on any atom is -0.399 e. The Morgan fingerprint density at radius 1 is 1.20 bits per heavy atom. The molecule has 0 heterocycles. The van der Waals surface area contributed by atoms with E-state index in [0.717, 1.165) is 36.5 Å². The summed E-state index contributed by atoms with van der Waals surface area (Å²) < 4.78 is 11.5. The number of aryl methyl sites for hydroxylation is 1. The van der Waals surface area contributed by atoms with Gasteiger partial charge in [0.1, 0.15) is 0 Å². The van der Waals surface area contributed by atoms with E-state index in [0.29, 0.717) is 0 Å². The summed E-state index contributed by atoms with van der Waals surface area (Å²) in [7, 11) is -0.657. The van der Waals surface area contributed by atoms with Gasteiger partial charge in [-0.1, -0.05) is 25.5 Å². The van der Waals surface area contributed by atoms with Crippen LogP contribution in [0.1, 0.15) is 25.3 Å². The van der Waals surface area contributed by atoms with Gasteiger partial charge in [-0.3, -0.25) is 4.21 Å². The molecular weight excluding hydrogens is 206 g/mol. The number of nitrogen functional groups attached to an aromatic ring is 1. The summed E-state index contributed by atoms with van der Waals surface area (Å²) in [6.45, 7) is 2.12. The molecule has 1 rings (SSSR count). The zero-order valence-electron chi connectivity index (χ0n) is 9.24. The second-order valence-electron chi connectivity index (χ2n) is 3.69. The summed E-state index contributed by atoms with van der Waals surface area (Å²) in [6, 6.07) is 7.80. The van der Waals surface area contributed by atoms with Crippen molar-refractivity contribution in [1.29, 1.82) is 0 Å². The molecule has 0 saturated heterocycles.